The van der Waals surface area contributed by atoms with Crippen LogP contribution in [0.15, 0.2) is 0 Å². The van der Waals surface area contributed by atoms with Crippen molar-refractivity contribution in [1.29, 1.82) is 0 Å². The number of nitrogens with one attached hydrogen (secondary N) is 3. The van der Waals surface area contributed by atoms with Gasteiger partial charge in [0.05, 0.1) is 0 Å². The number of carbonyl (C=O) groups excluding carboxylic acids is 2. The number of amides is 2. The van der Waals surface area contributed by atoms with E-state index in [1.54, 1.807) is 20.8 Å². The van der Waals surface area contributed by atoms with E-state index in [9.17, 15) is 14.7 Å². The molecule has 0 spiro atoms. The van der Waals surface area contributed by atoms with Crippen LogP contribution in [-0.2, 0) is 9.53 Å². The summed E-state index contributed by atoms with van der Waals surface area (Å²) in [6, 6.07) is 0. The van der Waals surface area contributed by atoms with E-state index in [2.05, 4.69) is 16.0 Å². The second-order valence-corrected chi connectivity index (χ2v) is 7.21. The van der Waals surface area contributed by atoms with Crippen LogP contribution in [0.3, 0.4) is 0 Å². The molecular formula is C17H38N6O4. The molecule has 0 rings (SSSR count). The standard InChI is InChI=1S/C17H38N6O4/c1-17(2,3)27-16(26)22-10-13-23(11-4-14(24)20-8-6-18)12-5-15(25)21-9-7-19/h14,20,24H,4-13,18-19H2,1-3H3,(H,21,25)(H,22,26). The molecule has 0 radical (unpaired) electrons. The molecule has 0 aromatic heterocycles. The number of ether oxygens (including phenoxy) is 1. The lowest BCUT2D eigenvalue weighted by atomic mass is 10.2. The maximum Gasteiger partial charge on any atom is 0.407 e. The van der Waals surface area contributed by atoms with E-state index < -0.39 is 17.9 Å². The van der Waals surface area contributed by atoms with Gasteiger partial charge in [0.2, 0.25) is 5.91 Å². The highest BCUT2D eigenvalue weighted by Crippen LogP contribution is 2.06. The molecule has 160 valence electrons. The first-order chi connectivity index (χ1) is 12.7. The normalized spacial score (nSPS) is 12.7. The summed E-state index contributed by atoms with van der Waals surface area (Å²) < 4.78 is 5.20. The van der Waals surface area contributed by atoms with Crippen LogP contribution in [0.25, 0.3) is 0 Å². The second-order valence-electron chi connectivity index (χ2n) is 7.21. The Hall–Kier alpha value is -1.46. The summed E-state index contributed by atoms with van der Waals surface area (Å²) in [6.45, 7) is 9.21. The van der Waals surface area contributed by atoms with E-state index in [1.807, 2.05) is 4.90 Å². The number of rotatable bonds is 14. The molecule has 0 fully saturated rings. The second kappa shape index (κ2) is 14.6. The summed E-state index contributed by atoms with van der Waals surface area (Å²) in [5, 5.41) is 18.2. The van der Waals surface area contributed by atoms with Crippen molar-refractivity contribution in [1.82, 2.24) is 20.9 Å². The summed E-state index contributed by atoms with van der Waals surface area (Å²) in [5.41, 5.74) is 10.2. The molecule has 1 atom stereocenters. The van der Waals surface area contributed by atoms with Gasteiger partial charge in [-0.05, 0) is 27.2 Å². The Labute approximate surface area is 162 Å². The van der Waals surface area contributed by atoms with Crippen molar-refractivity contribution in [3.8, 4) is 0 Å². The molecule has 0 heterocycles. The van der Waals surface area contributed by atoms with Gasteiger partial charge in [-0.25, -0.2) is 4.79 Å². The van der Waals surface area contributed by atoms with Gasteiger partial charge in [0.15, 0.2) is 0 Å². The predicted octanol–water partition coefficient (Wildman–Crippen LogP) is -1.47. The maximum absolute atomic E-state index is 11.8. The minimum absolute atomic E-state index is 0.0765. The highest BCUT2D eigenvalue weighted by molar-refractivity contribution is 5.76. The van der Waals surface area contributed by atoms with Crippen molar-refractivity contribution in [2.75, 3.05) is 52.4 Å². The van der Waals surface area contributed by atoms with E-state index >= 15 is 0 Å². The van der Waals surface area contributed by atoms with E-state index in [4.69, 9.17) is 16.2 Å². The number of nitrogens with zero attached hydrogens (tertiary/aromatic N) is 1. The highest BCUT2D eigenvalue weighted by atomic mass is 16.6. The summed E-state index contributed by atoms with van der Waals surface area (Å²) in [5.74, 6) is -0.0765. The van der Waals surface area contributed by atoms with Gasteiger partial charge in [-0.3, -0.25) is 10.1 Å². The quantitative estimate of drug-likeness (QED) is 0.197. The lowest BCUT2D eigenvalue weighted by Crippen LogP contribution is -2.41. The molecule has 0 aliphatic heterocycles. The monoisotopic (exact) mass is 390 g/mol. The molecule has 0 bridgehead atoms. The molecule has 0 saturated carbocycles. The van der Waals surface area contributed by atoms with Crippen molar-refractivity contribution in [2.45, 2.75) is 45.4 Å². The Morgan fingerprint density at radius 1 is 1.04 bits per heavy atom. The smallest absolute Gasteiger partial charge is 0.407 e. The number of hydrogen-bond donors (Lipinski definition) is 6. The summed E-state index contributed by atoms with van der Waals surface area (Å²) in [4.78, 5) is 25.5. The molecule has 0 saturated heterocycles. The molecule has 0 aromatic rings. The molecule has 10 nitrogen and oxygen atoms in total. The van der Waals surface area contributed by atoms with Gasteiger partial charge in [0, 0.05) is 58.8 Å². The van der Waals surface area contributed by atoms with Crippen LogP contribution in [-0.4, -0.2) is 86.2 Å². The molecule has 2 amide bonds. The molecular weight excluding hydrogens is 352 g/mol. The van der Waals surface area contributed by atoms with Crippen LogP contribution in [0.2, 0.25) is 0 Å². The Bertz CT molecular complexity index is 417. The van der Waals surface area contributed by atoms with E-state index in [0.717, 1.165) is 0 Å². The van der Waals surface area contributed by atoms with Crippen LogP contribution in [0.5, 0.6) is 0 Å². The Morgan fingerprint density at radius 3 is 2.30 bits per heavy atom. The van der Waals surface area contributed by atoms with Crippen molar-refractivity contribution < 1.29 is 19.4 Å². The Morgan fingerprint density at radius 2 is 1.70 bits per heavy atom. The van der Waals surface area contributed by atoms with Crippen LogP contribution >= 0.6 is 0 Å². The number of alkyl carbamates (subject to hydrolysis) is 1. The van der Waals surface area contributed by atoms with Crippen LogP contribution in [0.1, 0.15) is 33.6 Å². The average molecular weight is 391 g/mol. The van der Waals surface area contributed by atoms with Gasteiger partial charge < -0.3 is 36.8 Å². The highest BCUT2D eigenvalue weighted by Gasteiger charge is 2.16. The van der Waals surface area contributed by atoms with Gasteiger partial charge in [0.1, 0.15) is 11.8 Å². The van der Waals surface area contributed by atoms with Crippen LogP contribution in [0, 0.1) is 0 Å². The zero-order valence-electron chi connectivity index (χ0n) is 16.9. The molecule has 8 N–H and O–H groups in total. The number of aliphatic hydroxyl groups is 1. The van der Waals surface area contributed by atoms with Gasteiger partial charge in [-0.15, -0.1) is 0 Å². The van der Waals surface area contributed by atoms with E-state index in [1.165, 1.54) is 0 Å². The van der Waals surface area contributed by atoms with E-state index in [0.29, 0.717) is 65.2 Å². The maximum atomic E-state index is 11.8. The Kier molecular flexibility index (Phi) is 13.8. The third-order valence-electron chi connectivity index (χ3n) is 3.46. The van der Waals surface area contributed by atoms with Crippen molar-refractivity contribution in [3.05, 3.63) is 0 Å². The SMILES string of the molecule is CC(C)(C)OC(=O)NCCN(CCC(=O)NCCN)CCC(O)NCCN. The largest absolute Gasteiger partial charge is 0.444 e. The minimum Gasteiger partial charge on any atom is -0.444 e. The first kappa shape index (κ1) is 25.5. The van der Waals surface area contributed by atoms with Crippen molar-refractivity contribution in [2.24, 2.45) is 11.5 Å². The van der Waals surface area contributed by atoms with E-state index in [-0.39, 0.29) is 5.91 Å². The van der Waals surface area contributed by atoms with Gasteiger partial charge in [-0.1, -0.05) is 0 Å². The van der Waals surface area contributed by atoms with Crippen LogP contribution in [0.4, 0.5) is 4.79 Å². The van der Waals surface area contributed by atoms with Crippen molar-refractivity contribution in [3.63, 3.8) is 0 Å². The number of aliphatic hydroxyl groups excluding tert-OH is 1. The Balaban J connectivity index is 4.36. The van der Waals surface area contributed by atoms with Crippen LogP contribution < -0.4 is 27.4 Å². The molecule has 0 aromatic carbocycles. The lowest BCUT2D eigenvalue weighted by molar-refractivity contribution is -0.121. The summed E-state index contributed by atoms with van der Waals surface area (Å²) >= 11 is 0. The summed E-state index contributed by atoms with van der Waals surface area (Å²) in [6.07, 6.45) is -0.343. The zero-order valence-corrected chi connectivity index (χ0v) is 16.9. The fraction of sp³-hybridized carbons (Fsp3) is 0.882. The minimum atomic E-state index is -0.666. The van der Waals surface area contributed by atoms with Gasteiger partial charge >= 0.3 is 6.09 Å². The number of hydrogen-bond acceptors (Lipinski definition) is 8. The summed E-state index contributed by atoms with van der Waals surface area (Å²) in [7, 11) is 0. The first-order valence-corrected chi connectivity index (χ1v) is 9.45. The van der Waals surface area contributed by atoms with Gasteiger partial charge in [-0.2, -0.15) is 0 Å². The zero-order chi connectivity index (χ0) is 20.7. The number of carbonyl (C=O) groups is 2. The van der Waals surface area contributed by atoms with Gasteiger partial charge in [0.25, 0.3) is 0 Å². The lowest BCUT2D eigenvalue weighted by Gasteiger charge is -2.25. The molecule has 10 heteroatoms. The number of nitrogens with two attached hydrogens (primary N) is 2. The molecule has 0 aliphatic carbocycles. The fourth-order valence-corrected chi connectivity index (χ4v) is 2.18. The van der Waals surface area contributed by atoms with Crippen molar-refractivity contribution >= 4 is 12.0 Å². The average Bonchev–Trinajstić information content (AvgIpc) is 2.58. The molecule has 0 aliphatic rings. The third kappa shape index (κ3) is 16.4. The third-order valence-corrected chi connectivity index (χ3v) is 3.46. The first-order valence-electron chi connectivity index (χ1n) is 9.45. The molecule has 27 heavy (non-hydrogen) atoms. The topological polar surface area (TPSA) is 155 Å². The fourth-order valence-electron chi connectivity index (χ4n) is 2.18. The predicted molar refractivity (Wildman–Crippen MR) is 105 cm³/mol. The molecule has 1 unspecified atom stereocenters.